The standard InChI is InChI=1S/C19H23N3O2/c1-24-11-10-21-9-8-20-18(21)17-13-22(19(23)14-6-7-14)12-15-4-2-3-5-16(15)17/h2-5,8-9,14,17H,6-7,10-13H2,1H3/t17-/m1/s1. The van der Waals surface area contributed by atoms with Gasteiger partial charge in [-0.15, -0.1) is 0 Å². The van der Waals surface area contributed by atoms with Crippen LogP contribution in [0.3, 0.4) is 0 Å². The van der Waals surface area contributed by atoms with Gasteiger partial charge in [-0.2, -0.15) is 0 Å². The van der Waals surface area contributed by atoms with Gasteiger partial charge in [-0.1, -0.05) is 24.3 Å². The number of hydrogen-bond acceptors (Lipinski definition) is 3. The number of imidazole rings is 1. The maximum atomic E-state index is 12.6. The third kappa shape index (κ3) is 2.84. The van der Waals surface area contributed by atoms with E-state index in [2.05, 4.69) is 33.8 Å². The van der Waals surface area contributed by atoms with E-state index in [4.69, 9.17) is 4.74 Å². The van der Waals surface area contributed by atoms with Crippen LogP contribution in [0.5, 0.6) is 0 Å². The van der Waals surface area contributed by atoms with Gasteiger partial charge < -0.3 is 14.2 Å². The van der Waals surface area contributed by atoms with Gasteiger partial charge >= 0.3 is 0 Å². The molecule has 0 radical (unpaired) electrons. The van der Waals surface area contributed by atoms with Crippen molar-refractivity contribution >= 4 is 5.91 Å². The number of rotatable bonds is 5. The number of benzene rings is 1. The van der Waals surface area contributed by atoms with Crippen LogP contribution in [-0.2, 0) is 22.6 Å². The van der Waals surface area contributed by atoms with Crippen molar-refractivity contribution in [3.05, 3.63) is 53.6 Å². The van der Waals surface area contributed by atoms with Crippen molar-refractivity contribution < 1.29 is 9.53 Å². The lowest BCUT2D eigenvalue weighted by atomic mass is 9.88. The Morgan fingerprint density at radius 1 is 1.33 bits per heavy atom. The first kappa shape index (κ1) is 15.4. The molecule has 2 aromatic rings. The second kappa shape index (κ2) is 6.40. The molecule has 1 atom stereocenters. The molecule has 2 aliphatic rings. The van der Waals surface area contributed by atoms with Gasteiger partial charge in [0.15, 0.2) is 0 Å². The van der Waals surface area contributed by atoms with Gasteiger partial charge in [0.2, 0.25) is 5.91 Å². The number of carbonyl (C=O) groups is 1. The van der Waals surface area contributed by atoms with Crippen LogP contribution in [0.15, 0.2) is 36.7 Å². The summed E-state index contributed by atoms with van der Waals surface area (Å²) in [6, 6.07) is 8.44. The lowest BCUT2D eigenvalue weighted by molar-refractivity contribution is -0.133. The van der Waals surface area contributed by atoms with E-state index in [0.29, 0.717) is 12.5 Å². The number of hydrogen-bond donors (Lipinski definition) is 0. The van der Waals surface area contributed by atoms with E-state index in [9.17, 15) is 4.79 Å². The smallest absolute Gasteiger partial charge is 0.226 e. The molecular weight excluding hydrogens is 302 g/mol. The average Bonchev–Trinajstić information content (AvgIpc) is 3.37. The molecule has 0 spiro atoms. The molecule has 24 heavy (non-hydrogen) atoms. The van der Waals surface area contributed by atoms with Crippen molar-refractivity contribution in [3.63, 3.8) is 0 Å². The highest BCUT2D eigenvalue weighted by Crippen LogP contribution is 2.37. The van der Waals surface area contributed by atoms with E-state index in [-0.39, 0.29) is 11.8 Å². The number of aromatic nitrogens is 2. The first-order valence-corrected chi connectivity index (χ1v) is 8.64. The van der Waals surface area contributed by atoms with E-state index >= 15 is 0 Å². The molecule has 1 aliphatic carbocycles. The Morgan fingerprint density at radius 2 is 2.17 bits per heavy atom. The molecular formula is C19H23N3O2. The van der Waals surface area contributed by atoms with E-state index in [1.807, 2.05) is 17.3 Å². The molecule has 4 rings (SSSR count). The minimum Gasteiger partial charge on any atom is -0.383 e. The fraction of sp³-hybridized carbons (Fsp3) is 0.474. The molecule has 2 heterocycles. The predicted octanol–water partition coefficient (Wildman–Crippen LogP) is 2.41. The Balaban J connectivity index is 1.67. The molecule has 5 heteroatoms. The summed E-state index contributed by atoms with van der Waals surface area (Å²) in [5, 5.41) is 0. The molecule has 1 saturated carbocycles. The van der Waals surface area contributed by atoms with Gasteiger partial charge in [0.05, 0.1) is 12.5 Å². The summed E-state index contributed by atoms with van der Waals surface area (Å²) in [6.07, 6.45) is 5.93. The Kier molecular flexibility index (Phi) is 4.10. The summed E-state index contributed by atoms with van der Waals surface area (Å²) in [7, 11) is 1.71. The van der Waals surface area contributed by atoms with Crippen molar-refractivity contribution in [3.8, 4) is 0 Å². The van der Waals surface area contributed by atoms with Crippen LogP contribution < -0.4 is 0 Å². The normalized spacial score (nSPS) is 20.0. The van der Waals surface area contributed by atoms with Crippen molar-refractivity contribution in [1.29, 1.82) is 0 Å². The molecule has 5 nitrogen and oxygen atoms in total. The zero-order valence-corrected chi connectivity index (χ0v) is 14.0. The highest BCUT2D eigenvalue weighted by molar-refractivity contribution is 5.81. The van der Waals surface area contributed by atoms with E-state index in [1.54, 1.807) is 7.11 Å². The van der Waals surface area contributed by atoms with Crippen LogP contribution in [0.1, 0.15) is 35.7 Å². The number of methoxy groups -OCH3 is 1. The number of carbonyl (C=O) groups excluding carboxylic acids is 1. The molecule has 126 valence electrons. The number of nitrogens with zero attached hydrogens (tertiary/aromatic N) is 3. The van der Waals surface area contributed by atoms with Crippen LogP contribution in [-0.4, -0.2) is 40.6 Å². The Morgan fingerprint density at radius 3 is 2.96 bits per heavy atom. The number of ether oxygens (including phenoxy) is 1. The number of amides is 1. The van der Waals surface area contributed by atoms with E-state index in [1.165, 1.54) is 11.1 Å². The van der Waals surface area contributed by atoms with Crippen LogP contribution in [0.25, 0.3) is 0 Å². The third-order valence-electron chi connectivity index (χ3n) is 5.03. The van der Waals surface area contributed by atoms with Crippen LogP contribution in [0, 0.1) is 5.92 Å². The van der Waals surface area contributed by atoms with Crippen molar-refractivity contribution in [2.45, 2.75) is 31.8 Å². The van der Waals surface area contributed by atoms with Crippen LogP contribution >= 0.6 is 0 Å². The summed E-state index contributed by atoms with van der Waals surface area (Å²) in [6.45, 7) is 2.88. The van der Waals surface area contributed by atoms with Crippen molar-refractivity contribution in [2.24, 2.45) is 5.92 Å². The lowest BCUT2D eigenvalue weighted by Crippen LogP contribution is -2.40. The predicted molar refractivity (Wildman–Crippen MR) is 90.5 cm³/mol. The second-order valence-corrected chi connectivity index (χ2v) is 6.72. The van der Waals surface area contributed by atoms with Gasteiger partial charge in [0.1, 0.15) is 5.82 Å². The van der Waals surface area contributed by atoms with E-state index < -0.39 is 0 Å². The fourth-order valence-corrected chi connectivity index (χ4v) is 3.59. The monoisotopic (exact) mass is 325 g/mol. The van der Waals surface area contributed by atoms with Gasteiger partial charge in [-0.3, -0.25) is 4.79 Å². The topological polar surface area (TPSA) is 47.4 Å². The first-order chi connectivity index (χ1) is 11.8. The van der Waals surface area contributed by atoms with Crippen LogP contribution in [0.2, 0.25) is 0 Å². The second-order valence-electron chi connectivity index (χ2n) is 6.72. The molecule has 0 bridgehead atoms. The Labute approximate surface area is 142 Å². The summed E-state index contributed by atoms with van der Waals surface area (Å²) >= 11 is 0. The fourth-order valence-electron chi connectivity index (χ4n) is 3.59. The highest BCUT2D eigenvalue weighted by atomic mass is 16.5. The molecule has 1 aromatic heterocycles. The Hall–Kier alpha value is -2.14. The minimum absolute atomic E-state index is 0.129. The van der Waals surface area contributed by atoms with Gasteiger partial charge in [-0.05, 0) is 24.0 Å². The van der Waals surface area contributed by atoms with Gasteiger partial charge in [0, 0.05) is 45.1 Å². The van der Waals surface area contributed by atoms with Crippen molar-refractivity contribution in [1.82, 2.24) is 14.5 Å². The molecule has 1 aromatic carbocycles. The quantitative estimate of drug-likeness (QED) is 0.848. The summed E-state index contributed by atoms with van der Waals surface area (Å²) in [5.41, 5.74) is 2.53. The van der Waals surface area contributed by atoms with Crippen LogP contribution in [0.4, 0.5) is 0 Å². The lowest BCUT2D eigenvalue weighted by Gasteiger charge is -2.35. The summed E-state index contributed by atoms with van der Waals surface area (Å²) in [5.74, 6) is 1.71. The minimum atomic E-state index is 0.129. The number of fused-ring (bicyclic) bond motifs is 1. The Bertz CT molecular complexity index is 736. The SMILES string of the molecule is COCCn1ccnc1[C@@H]1CN(C(=O)C2CC2)Cc2ccccc21. The molecule has 1 amide bonds. The molecule has 1 aliphatic heterocycles. The summed E-state index contributed by atoms with van der Waals surface area (Å²) in [4.78, 5) is 19.3. The first-order valence-electron chi connectivity index (χ1n) is 8.64. The molecule has 0 N–H and O–H groups in total. The highest BCUT2D eigenvalue weighted by Gasteiger charge is 2.38. The third-order valence-corrected chi connectivity index (χ3v) is 5.03. The molecule has 1 fully saturated rings. The maximum Gasteiger partial charge on any atom is 0.226 e. The molecule has 0 saturated heterocycles. The summed E-state index contributed by atoms with van der Waals surface area (Å²) < 4.78 is 7.36. The van der Waals surface area contributed by atoms with Crippen molar-refractivity contribution in [2.75, 3.05) is 20.3 Å². The maximum absolute atomic E-state index is 12.6. The zero-order valence-electron chi connectivity index (χ0n) is 14.0. The largest absolute Gasteiger partial charge is 0.383 e. The average molecular weight is 325 g/mol. The van der Waals surface area contributed by atoms with Gasteiger partial charge in [-0.25, -0.2) is 4.98 Å². The zero-order chi connectivity index (χ0) is 16.5. The van der Waals surface area contributed by atoms with E-state index in [0.717, 1.165) is 38.3 Å². The molecule has 0 unspecified atom stereocenters. The van der Waals surface area contributed by atoms with Gasteiger partial charge in [0.25, 0.3) is 0 Å².